The van der Waals surface area contributed by atoms with Gasteiger partial charge in [0, 0.05) is 17.3 Å². The van der Waals surface area contributed by atoms with Gasteiger partial charge in [-0.3, -0.25) is 4.79 Å². The largest absolute Gasteiger partial charge is 0.462 e. The number of esters is 1. The van der Waals surface area contributed by atoms with E-state index >= 15 is 0 Å². The van der Waals surface area contributed by atoms with E-state index < -0.39 is 5.97 Å². The summed E-state index contributed by atoms with van der Waals surface area (Å²) in [5.41, 5.74) is 3.48. The third kappa shape index (κ3) is 2.99. The number of fused-ring (bicyclic) bond motifs is 1. The summed E-state index contributed by atoms with van der Waals surface area (Å²) in [7, 11) is 0. The molecule has 28 heavy (non-hydrogen) atoms. The number of ether oxygens (including phenoxy) is 1. The van der Waals surface area contributed by atoms with Gasteiger partial charge >= 0.3 is 5.97 Å². The molecule has 0 aliphatic heterocycles. The Morgan fingerprint density at radius 3 is 2.18 bits per heavy atom. The van der Waals surface area contributed by atoms with Crippen LogP contribution in [0.1, 0.15) is 33.3 Å². The molecule has 0 N–H and O–H groups in total. The molecule has 0 aliphatic rings. The molecular formula is C24H19NO3. The number of benzene rings is 2. The number of nitrogens with zero attached hydrogens (tertiary/aromatic N) is 1. The summed E-state index contributed by atoms with van der Waals surface area (Å²) in [5, 5.41) is 0. The molecule has 4 aromatic rings. The average Bonchev–Trinajstić information content (AvgIpc) is 3.10. The molecule has 138 valence electrons. The first-order valence-corrected chi connectivity index (χ1v) is 9.17. The average molecular weight is 369 g/mol. The molecule has 0 unspecified atom stereocenters. The highest BCUT2D eigenvalue weighted by molar-refractivity contribution is 6.18. The maximum atomic E-state index is 13.5. The third-order valence-corrected chi connectivity index (χ3v) is 4.64. The molecule has 0 bridgehead atoms. The summed E-state index contributed by atoms with van der Waals surface area (Å²) in [6.07, 6.45) is 1.81. The predicted molar refractivity (Wildman–Crippen MR) is 109 cm³/mol. The van der Waals surface area contributed by atoms with E-state index in [4.69, 9.17) is 4.74 Å². The SMILES string of the molecule is CCOC(=O)c1c(-c2ccccc2)c(C(=O)c2ccccc2)n2ccccc12. The van der Waals surface area contributed by atoms with Gasteiger partial charge in [0.1, 0.15) is 5.69 Å². The zero-order valence-electron chi connectivity index (χ0n) is 15.5. The van der Waals surface area contributed by atoms with Gasteiger partial charge in [0.05, 0.1) is 17.7 Å². The second-order valence-corrected chi connectivity index (χ2v) is 6.34. The maximum Gasteiger partial charge on any atom is 0.340 e. The lowest BCUT2D eigenvalue weighted by molar-refractivity contribution is 0.0529. The van der Waals surface area contributed by atoms with E-state index in [9.17, 15) is 9.59 Å². The Bertz CT molecular complexity index is 1140. The second kappa shape index (κ2) is 7.53. The molecule has 0 radical (unpaired) electrons. The van der Waals surface area contributed by atoms with Crippen LogP contribution in [0.3, 0.4) is 0 Å². The van der Waals surface area contributed by atoms with Gasteiger partial charge in [-0.1, -0.05) is 66.7 Å². The fourth-order valence-electron chi connectivity index (χ4n) is 3.45. The molecule has 0 fully saturated rings. The van der Waals surface area contributed by atoms with E-state index in [-0.39, 0.29) is 12.4 Å². The molecule has 0 saturated heterocycles. The Kier molecular flexibility index (Phi) is 4.77. The molecule has 4 rings (SSSR count). The Morgan fingerprint density at radius 2 is 1.50 bits per heavy atom. The van der Waals surface area contributed by atoms with E-state index in [1.54, 1.807) is 29.7 Å². The van der Waals surface area contributed by atoms with Crippen molar-refractivity contribution in [2.75, 3.05) is 6.61 Å². The monoisotopic (exact) mass is 369 g/mol. The summed E-state index contributed by atoms with van der Waals surface area (Å²) < 4.78 is 7.12. The van der Waals surface area contributed by atoms with Crippen LogP contribution in [0.5, 0.6) is 0 Å². The van der Waals surface area contributed by atoms with Gasteiger partial charge in [0.25, 0.3) is 0 Å². The fraction of sp³-hybridized carbons (Fsp3) is 0.0833. The number of ketones is 1. The number of rotatable bonds is 5. The Labute approximate surface area is 163 Å². The normalized spacial score (nSPS) is 10.8. The number of hydrogen-bond acceptors (Lipinski definition) is 3. The quantitative estimate of drug-likeness (QED) is 0.367. The topological polar surface area (TPSA) is 47.8 Å². The van der Waals surface area contributed by atoms with Gasteiger partial charge in [-0.25, -0.2) is 4.79 Å². The number of hydrogen-bond donors (Lipinski definition) is 0. The number of carbonyl (C=O) groups excluding carboxylic acids is 2. The first kappa shape index (κ1) is 17.7. The van der Waals surface area contributed by atoms with Gasteiger partial charge in [-0.05, 0) is 24.6 Å². The van der Waals surface area contributed by atoms with Crippen molar-refractivity contribution < 1.29 is 14.3 Å². The number of pyridine rings is 1. The van der Waals surface area contributed by atoms with Crippen LogP contribution < -0.4 is 0 Å². The minimum absolute atomic E-state index is 0.142. The molecule has 0 aliphatic carbocycles. The molecule has 0 amide bonds. The van der Waals surface area contributed by atoms with E-state index in [0.717, 1.165) is 5.56 Å². The molecule has 4 heteroatoms. The van der Waals surface area contributed by atoms with Gasteiger partial charge in [-0.2, -0.15) is 0 Å². The molecule has 0 atom stereocenters. The smallest absolute Gasteiger partial charge is 0.340 e. The van der Waals surface area contributed by atoms with Crippen molar-refractivity contribution in [3.8, 4) is 11.1 Å². The lowest BCUT2D eigenvalue weighted by Gasteiger charge is -2.08. The minimum Gasteiger partial charge on any atom is -0.462 e. The summed E-state index contributed by atoms with van der Waals surface area (Å²) in [5.74, 6) is -0.576. The van der Waals surface area contributed by atoms with Gasteiger partial charge in [0.2, 0.25) is 5.78 Å². The Morgan fingerprint density at radius 1 is 0.857 bits per heavy atom. The maximum absolute atomic E-state index is 13.5. The van der Waals surface area contributed by atoms with Crippen LogP contribution in [0.25, 0.3) is 16.6 Å². The lowest BCUT2D eigenvalue weighted by atomic mass is 9.96. The van der Waals surface area contributed by atoms with Crippen molar-refractivity contribution in [2.45, 2.75) is 6.92 Å². The van der Waals surface area contributed by atoms with E-state index in [0.29, 0.717) is 27.9 Å². The second-order valence-electron chi connectivity index (χ2n) is 6.34. The van der Waals surface area contributed by atoms with Crippen molar-refractivity contribution in [1.82, 2.24) is 4.40 Å². The van der Waals surface area contributed by atoms with Crippen molar-refractivity contribution in [3.63, 3.8) is 0 Å². The van der Waals surface area contributed by atoms with E-state index in [1.165, 1.54) is 0 Å². The van der Waals surface area contributed by atoms with E-state index in [2.05, 4.69) is 0 Å². The van der Waals surface area contributed by atoms with E-state index in [1.807, 2.05) is 66.7 Å². The molecule has 2 aromatic carbocycles. The van der Waals surface area contributed by atoms with Crippen LogP contribution in [-0.2, 0) is 4.74 Å². The zero-order chi connectivity index (χ0) is 19.5. The highest BCUT2D eigenvalue weighted by atomic mass is 16.5. The molecule has 4 nitrogen and oxygen atoms in total. The van der Waals surface area contributed by atoms with Crippen molar-refractivity contribution >= 4 is 17.3 Å². The molecule has 0 spiro atoms. The molecule has 2 heterocycles. The standard InChI is InChI=1S/C24H19NO3/c1-2-28-24(27)21-19-15-9-10-16-25(19)22(20(21)17-11-5-3-6-12-17)23(26)18-13-7-4-8-14-18/h3-16H,2H2,1H3. The minimum atomic E-state index is -0.433. The van der Waals surface area contributed by atoms with Gasteiger partial charge in [0.15, 0.2) is 0 Å². The van der Waals surface area contributed by atoms with Crippen LogP contribution in [0, 0.1) is 0 Å². The van der Waals surface area contributed by atoms with Gasteiger partial charge in [-0.15, -0.1) is 0 Å². The molecular weight excluding hydrogens is 350 g/mol. The first-order valence-electron chi connectivity index (χ1n) is 9.17. The summed E-state index contributed by atoms with van der Waals surface area (Å²) in [4.78, 5) is 26.4. The zero-order valence-corrected chi connectivity index (χ0v) is 15.5. The molecule has 2 aromatic heterocycles. The predicted octanol–water partition coefficient (Wildman–Crippen LogP) is 5.01. The summed E-state index contributed by atoms with van der Waals surface area (Å²) in [6.45, 7) is 2.04. The van der Waals surface area contributed by atoms with Crippen molar-refractivity contribution in [3.05, 3.63) is 102 Å². The summed E-state index contributed by atoms with van der Waals surface area (Å²) in [6, 6.07) is 24.1. The molecule has 0 saturated carbocycles. The van der Waals surface area contributed by atoms with Crippen molar-refractivity contribution in [2.24, 2.45) is 0 Å². The van der Waals surface area contributed by atoms with Crippen LogP contribution >= 0.6 is 0 Å². The number of aromatic nitrogens is 1. The van der Waals surface area contributed by atoms with Gasteiger partial charge < -0.3 is 9.14 Å². The highest BCUT2D eigenvalue weighted by Gasteiger charge is 2.29. The van der Waals surface area contributed by atoms with Crippen molar-refractivity contribution in [1.29, 1.82) is 0 Å². The highest BCUT2D eigenvalue weighted by Crippen LogP contribution is 2.35. The Balaban J connectivity index is 2.08. The van der Waals surface area contributed by atoms with Crippen LogP contribution in [0.4, 0.5) is 0 Å². The van der Waals surface area contributed by atoms with Crippen LogP contribution in [-0.4, -0.2) is 22.8 Å². The van der Waals surface area contributed by atoms with Crippen LogP contribution in [0.2, 0.25) is 0 Å². The van der Waals surface area contributed by atoms with Crippen LogP contribution in [0.15, 0.2) is 85.1 Å². The Hall–Kier alpha value is -3.66. The summed E-state index contributed by atoms with van der Waals surface area (Å²) >= 11 is 0. The number of carbonyl (C=O) groups is 2. The lowest BCUT2D eigenvalue weighted by Crippen LogP contribution is -2.08. The third-order valence-electron chi connectivity index (χ3n) is 4.64. The fourth-order valence-corrected chi connectivity index (χ4v) is 3.45. The first-order chi connectivity index (χ1) is 13.7.